The average molecular weight is 123 g/mol. The molecule has 0 aromatic rings. The van der Waals surface area contributed by atoms with Crippen molar-refractivity contribution < 1.29 is 13.9 Å². The highest BCUT2D eigenvalue weighted by molar-refractivity contribution is 4.81. The lowest BCUT2D eigenvalue weighted by Gasteiger charge is -2.11. The monoisotopic (exact) mass is 123 g/mol. The Morgan fingerprint density at radius 3 is 2.38 bits per heavy atom. The molecular formula is C4H7F2NO. The zero-order chi connectivity index (χ0) is 6.20. The van der Waals surface area contributed by atoms with Crippen molar-refractivity contribution in [2.24, 2.45) is 0 Å². The Hall–Kier alpha value is -0.220. The van der Waals surface area contributed by atoms with Gasteiger partial charge < -0.3 is 5.11 Å². The van der Waals surface area contributed by atoms with Crippen LogP contribution in [0.2, 0.25) is 0 Å². The van der Waals surface area contributed by atoms with Gasteiger partial charge in [-0.3, -0.25) is 5.32 Å². The molecule has 0 saturated carbocycles. The Morgan fingerprint density at radius 2 is 2.25 bits per heavy atom. The van der Waals surface area contributed by atoms with Gasteiger partial charge in [0.25, 0.3) is 0 Å². The summed E-state index contributed by atoms with van der Waals surface area (Å²) in [5, 5.41) is 10.3. The second-order valence-electron chi connectivity index (χ2n) is 1.85. The lowest BCUT2D eigenvalue weighted by atomic mass is 10.3. The number of hydrogen-bond donors (Lipinski definition) is 2. The predicted octanol–water partition coefficient (Wildman–Crippen LogP) is -0.0666. The van der Waals surface area contributed by atoms with E-state index in [-0.39, 0.29) is 13.0 Å². The van der Waals surface area contributed by atoms with Crippen LogP contribution in [0.15, 0.2) is 0 Å². The molecule has 48 valence electrons. The van der Waals surface area contributed by atoms with E-state index in [0.717, 1.165) is 0 Å². The van der Waals surface area contributed by atoms with Crippen molar-refractivity contribution in [3.05, 3.63) is 0 Å². The smallest absolute Gasteiger partial charge is 0.328 e. The fourth-order valence-electron chi connectivity index (χ4n) is 0.675. The third-order valence-electron chi connectivity index (χ3n) is 1.20. The fourth-order valence-corrected chi connectivity index (χ4v) is 0.675. The molecule has 1 atom stereocenters. The molecule has 8 heavy (non-hydrogen) atoms. The minimum Gasteiger partial charge on any atom is -0.385 e. The Morgan fingerprint density at radius 1 is 1.62 bits per heavy atom. The van der Waals surface area contributed by atoms with Crippen LogP contribution in [0.4, 0.5) is 8.78 Å². The number of aliphatic hydroxyl groups excluding tert-OH is 1. The van der Waals surface area contributed by atoms with Crippen molar-refractivity contribution in [1.29, 1.82) is 0 Å². The van der Waals surface area contributed by atoms with Gasteiger partial charge in [0, 0.05) is 6.54 Å². The third-order valence-corrected chi connectivity index (χ3v) is 1.20. The maximum Gasteiger partial charge on any atom is 0.328 e. The molecule has 1 saturated heterocycles. The molecule has 4 heteroatoms. The van der Waals surface area contributed by atoms with E-state index in [1.165, 1.54) is 0 Å². The summed E-state index contributed by atoms with van der Waals surface area (Å²) in [6.07, 6.45) is -1.34. The van der Waals surface area contributed by atoms with Gasteiger partial charge in [-0.1, -0.05) is 0 Å². The van der Waals surface area contributed by atoms with Crippen molar-refractivity contribution in [2.75, 3.05) is 6.54 Å². The molecule has 2 N–H and O–H groups in total. The Labute approximate surface area is 45.5 Å². The summed E-state index contributed by atoms with van der Waals surface area (Å²) in [5.41, 5.74) is 0. The minimum atomic E-state index is -3.04. The molecule has 1 fully saturated rings. The second-order valence-corrected chi connectivity index (χ2v) is 1.85. The standard InChI is InChI=1S/C4H7F2NO/c5-4(6)3(8)1-2-7-4/h3,7-8H,1-2H2. The van der Waals surface area contributed by atoms with Crippen molar-refractivity contribution in [1.82, 2.24) is 5.32 Å². The third kappa shape index (κ3) is 0.809. The highest BCUT2D eigenvalue weighted by atomic mass is 19.3. The zero-order valence-electron chi connectivity index (χ0n) is 4.19. The Kier molecular flexibility index (Phi) is 1.21. The fraction of sp³-hybridized carbons (Fsp3) is 1.00. The first kappa shape index (κ1) is 5.91. The quantitative estimate of drug-likeness (QED) is 0.442. The van der Waals surface area contributed by atoms with Crippen LogP contribution in [0, 0.1) is 0 Å². The number of nitrogens with one attached hydrogen (secondary N) is 1. The van der Waals surface area contributed by atoms with E-state index < -0.39 is 12.2 Å². The molecule has 0 bridgehead atoms. The van der Waals surface area contributed by atoms with Crippen LogP contribution < -0.4 is 5.32 Å². The Balaban J connectivity index is 2.54. The van der Waals surface area contributed by atoms with Gasteiger partial charge in [0.2, 0.25) is 0 Å². The normalized spacial score (nSPS) is 35.6. The van der Waals surface area contributed by atoms with Gasteiger partial charge in [-0.15, -0.1) is 0 Å². The van der Waals surface area contributed by atoms with E-state index >= 15 is 0 Å². The zero-order valence-corrected chi connectivity index (χ0v) is 4.19. The van der Waals surface area contributed by atoms with Crippen molar-refractivity contribution in [3.63, 3.8) is 0 Å². The van der Waals surface area contributed by atoms with Crippen LogP contribution >= 0.6 is 0 Å². The van der Waals surface area contributed by atoms with Gasteiger partial charge in [-0.05, 0) is 6.42 Å². The molecule has 0 amide bonds. The first-order chi connectivity index (χ1) is 3.63. The predicted molar refractivity (Wildman–Crippen MR) is 23.6 cm³/mol. The Bertz CT molecular complexity index is 96.0. The van der Waals surface area contributed by atoms with E-state index in [9.17, 15) is 8.78 Å². The number of alkyl halides is 2. The molecule has 2 nitrogen and oxygen atoms in total. The maximum absolute atomic E-state index is 12.0. The molecule has 0 spiro atoms. The van der Waals surface area contributed by atoms with Gasteiger partial charge in [0.1, 0.15) is 6.10 Å². The molecule has 1 aliphatic heterocycles. The van der Waals surface area contributed by atoms with Crippen molar-refractivity contribution >= 4 is 0 Å². The molecule has 0 aromatic heterocycles. The van der Waals surface area contributed by atoms with Gasteiger partial charge in [-0.2, -0.15) is 8.78 Å². The number of halogens is 2. The van der Waals surface area contributed by atoms with Crippen LogP contribution in [0.25, 0.3) is 0 Å². The van der Waals surface area contributed by atoms with Gasteiger partial charge in [-0.25, -0.2) is 0 Å². The summed E-state index contributed by atoms with van der Waals surface area (Å²) < 4.78 is 24.0. The molecule has 1 rings (SSSR count). The van der Waals surface area contributed by atoms with E-state index in [0.29, 0.717) is 0 Å². The average Bonchev–Trinajstić information content (AvgIpc) is 1.86. The topological polar surface area (TPSA) is 32.3 Å². The van der Waals surface area contributed by atoms with Gasteiger partial charge in [0.15, 0.2) is 0 Å². The molecule has 1 unspecified atom stereocenters. The largest absolute Gasteiger partial charge is 0.385 e. The van der Waals surface area contributed by atoms with Crippen molar-refractivity contribution in [3.8, 4) is 0 Å². The molecular weight excluding hydrogens is 116 g/mol. The van der Waals surface area contributed by atoms with Crippen LogP contribution in [0.3, 0.4) is 0 Å². The lowest BCUT2D eigenvalue weighted by molar-refractivity contribution is -0.102. The first-order valence-corrected chi connectivity index (χ1v) is 2.44. The number of aliphatic hydroxyl groups is 1. The summed E-state index contributed by atoms with van der Waals surface area (Å²) in [5.74, 6) is 0. The van der Waals surface area contributed by atoms with E-state index in [1.54, 1.807) is 0 Å². The molecule has 0 aliphatic carbocycles. The SMILES string of the molecule is OC1CCNC1(F)F. The van der Waals surface area contributed by atoms with Crippen LogP contribution in [0.5, 0.6) is 0 Å². The first-order valence-electron chi connectivity index (χ1n) is 2.44. The van der Waals surface area contributed by atoms with E-state index in [1.807, 2.05) is 5.32 Å². The van der Waals surface area contributed by atoms with Gasteiger partial charge in [0.05, 0.1) is 0 Å². The number of rotatable bonds is 0. The highest BCUT2D eigenvalue weighted by Gasteiger charge is 2.42. The molecule has 0 aromatic carbocycles. The molecule has 1 aliphatic rings. The van der Waals surface area contributed by atoms with E-state index in [2.05, 4.69) is 0 Å². The lowest BCUT2D eigenvalue weighted by Crippen LogP contribution is -2.37. The summed E-state index contributed by atoms with van der Waals surface area (Å²) in [7, 11) is 0. The minimum absolute atomic E-state index is 0.146. The van der Waals surface area contributed by atoms with E-state index in [4.69, 9.17) is 5.11 Å². The molecule has 1 heterocycles. The van der Waals surface area contributed by atoms with Crippen LogP contribution in [-0.2, 0) is 0 Å². The second kappa shape index (κ2) is 1.63. The summed E-state index contributed by atoms with van der Waals surface area (Å²) in [6, 6.07) is -3.04. The number of hydrogen-bond acceptors (Lipinski definition) is 2. The van der Waals surface area contributed by atoms with Crippen LogP contribution in [0.1, 0.15) is 6.42 Å². The van der Waals surface area contributed by atoms with Gasteiger partial charge >= 0.3 is 6.05 Å². The molecule has 0 radical (unpaired) electrons. The highest BCUT2D eigenvalue weighted by Crippen LogP contribution is 2.21. The summed E-state index contributed by atoms with van der Waals surface area (Å²) in [4.78, 5) is 0. The van der Waals surface area contributed by atoms with Crippen molar-refractivity contribution in [2.45, 2.75) is 18.6 Å². The van der Waals surface area contributed by atoms with Crippen LogP contribution in [-0.4, -0.2) is 23.8 Å². The maximum atomic E-state index is 12.0. The summed E-state index contributed by atoms with van der Waals surface area (Å²) >= 11 is 0. The summed E-state index contributed by atoms with van der Waals surface area (Å²) in [6.45, 7) is 0.203.